The SMILES string of the molecule is C1CCOC1.CC(C)c1cccc(C(C)C)c1-n1cc[n+](-c2c(C(C)C)cccc2C(C)C)c1P=P[P-]c1n(-c2c(C(C)C)cccc2C(C)C)cc[n+]1-c1c(C(C)C)cccc1C(C)C.[Cl-]. The second-order valence-electron chi connectivity index (χ2n) is 20.7. The minimum absolute atomic E-state index is 0. The van der Waals surface area contributed by atoms with Crippen LogP contribution in [0.4, 0.5) is 0 Å². The van der Waals surface area contributed by atoms with Gasteiger partial charge in [-0.3, -0.25) is 0 Å². The Morgan fingerprint density at radius 2 is 0.761 bits per heavy atom. The van der Waals surface area contributed by atoms with E-state index in [1.54, 1.807) is 0 Å². The highest BCUT2D eigenvalue weighted by Gasteiger charge is 2.30. The van der Waals surface area contributed by atoms with Gasteiger partial charge in [-0.15, -0.1) is 0 Å². The van der Waals surface area contributed by atoms with Crippen LogP contribution in [-0.4, -0.2) is 22.3 Å². The molecule has 0 spiro atoms. The molecule has 1 aliphatic heterocycles. The number of rotatable bonds is 15. The van der Waals surface area contributed by atoms with Crippen molar-refractivity contribution in [2.24, 2.45) is 0 Å². The van der Waals surface area contributed by atoms with Crippen LogP contribution in [0.3, 0.4) is 0 Å². The number of hydrogen-bond donors (Lipinski definition) is 0. The summed E-state index contributed by atoms with van der Waals surface area (Å²) in [7, 11) is 3.75. The van der Waals surface area contributed by atoms with Gasteiger partial charge in [0.1, 0.15) is 53.1 Å². The van der Waals surface area contributed by atoms with Gasteiger partial charge in [0.05, 0.1) is 0 Å². The Morgan fingerprint density at radius 3 is 1.10 bits per heavy atom. The van der Waals surface area contributed by atoms with Gasteiger partial charge < -0.3 is 25.4 Å². The fraction of sp³-hybridized carbons (Fsp3) is 0.483. The largest absolute Gasteiger partial charge is 1.00 e. The first kappa shape index (κ1) is 54.5. The summed E-state index contributed by atoms with van der Waals surface area (Å²) in [6.45, 7) is 39.5. The molecule has 3 heterocycles. The van der Waals surface area contributed by atoms with Crippen molar-refractivity contribution in [1.82, 2.24) is 9.13 Å². The van der Waals surface area contributed by atoms with Gasteiger partial charge in [0.2, 0.25) is 0 Å². The molecule has 4 aromatic carbocycles. The minimum Gasteiger partial charge on any atom is -1.00 e. The number of nitrogens with zero attached hydrogens (tertiary/aromatic N) is 4. The predicted molar refractivity (Wildman–Crippen MR) is 287 cm³/mol. The lowest BCUT2D eigenvalue weighted by Gasteiger charge is -2.23. The Bertz CT molecular complexity index is 2320. The Hall–Kier alpha value is -3.42. The molecule has 0 atom stereocenters. The number of aromatic nitrogens is 4. The highest BCUT2D eigenvalue weighted by molar-refractivity contribution is 8.28. The molecule has 1 saturated heterocycles. The van der Waals surface area contributed by atoms with Gasteiger partial charge in [-0.2, -0.15) is 9.13 Å². The standard InChI is InChI=1S/C54H72N4P3.C4H8O.ClH/c1-33(2)41-21-17-22-42(34(3)4)49(41)55-29-30-56(50-43(35(5)6)23-18-24-44(50)36(7)8)53(55)59-61-60-54-57(51-45(37(9)10)25-19-26-46(51)38(11)12)31-32-58(54)52-47(39(13)14)27-20-28-48(52)40(15)16;1-2-4-5-3-1;/h17-40H,1-16H3;1-4H2;1H/q+1;;/p-1. The van der Waals surface area contributed by atoms with E-state index < -0.39 is 0 Å². The maximum absolute atomic E-state index is 4.94. The average molecular weight is 978 g/mol. The molecular formula is C58H80ClN4OP3. The molecule has 2 aromatic heterocycles. The second-order valence-corrected chi connectivity index (χ2v) is 25.4. The first-order valence-electron chi connectivity index (χ1n) is 24.9. The third-order valence-electron chi connectivity index (χ3n) is 13.0. The summed E-state index contributed by atoms with van der Waals surface area (Å²) in [5.41, 5.74) is 19.1. The molecule has 9 heteroatoms. The molecule has 0 bridgehead atoms. The molecule has 0 N–H and O–H groups in total. The van der Waals surface area contributed by atoms with Crippen molar-refractivity contribution >= 4 is 34.8 Å². The van der Waals surface area contributed by atoms with E-state index in [-0.39, 0.29) is 12.4 Å². The summed E-state index contributed by atoms with van der Waals surface area (Å²) in [5, 5.41) is 0. The van der Waals surface area contributed by atoms with Crippen LogP contribution in [0.15, 0.2) is 97.6 Å². The normalized spacial score (nSPS) is 13.3. The quantitative estimate of drug-likeness (QED) is 0.0744. The van der Waals surface area contributed by atoms with Crippen molar-refractivity contribution in [3.05, 3.63) is 142 Å². The van der Waals surface area contributed by atoms with Crippen LogP contribution < -0.4 is 32.7 Å². The molecule has 7 rings (SSSR count). The van der Waals surface area contributed by atoms with Gasteiger partial charge in [0.15, 0.2) is 0 Å². The fourth-order valence-electron chi connectivity index (χ4n) is 9.43. The summed E-state index contributed by atoms with van der Waals surface area (Å²) in [4.78, 5) is 0. The van der Waals surface area contributed by atoms with Crippen molar-refractivity contribution < 1.29 is 26.3 Å². The van der Waals surface area contributed by atoms with Crippen LogP contribution in [-0.2, 0) is 4.74 Å². The van der Waals surface area contributed by atoms with Crippen LogP contribution in [0.25, 0.3) is 22.7 Å². The smallest absolute Gasteiger partial charge is 0.318 e. The molecule has 1 aliphatic rings. The Morgan fingerprint density at radius 1 is 0.448 bits per heavy atom. The van der Waals surface area contributed by atoms with Gasteiger partial charge in [-0.25, -0.2) is 16.7 Å². The lowest BCUT2D eigenvalue weighted by Crippen LogP contribution is -3.00. The van der Waals surface area contributed by atoms with Crippen LogP contribution in [0.5, 0.6) is 0 Å². The van der Waals surface area contributed by atoms with Crippen molar-refractivity contribution in [3.8, 4) is 22.7 Å². The molecule has 67 heavy (non-hydrogen) atoms. The van der Waals surface area contributed by atoms with Gasteiger partial charge >= 0.3 is 5.57 Å². The summed E-state index contributed by atoms with van der Waals surface area (Å²) in [5.74, 6) is 3.06. The zero-order valence-electron chi connectivity index (χ0n) is 43.6. The molecular weight excluding hydrogens is 897 g/mol. The zero-order valence-corrected chi connectivity index (χ0v) is 47.0. The predicted octanol–water partition coefficient (Wildman–Crippen LogP) is 13.2. The van der Waals surface area contributed by atoms with E-state index in [1.165, 1.54) is 115 Å². The van der Waals surface area contributed by atoms with Gasteiger partial charge in [-0.1, -0.05) is 184 Å². The third kappa shape index (κ3) is 12.1. The Balaban J connectivity index is 0.00000131. The van der Waals surface area contributed by atoms with Crippen LogP contribution in [0.1, 0.15) is 215 Å². The molecule has 1 fully saturated rings. The lowest BCUT2D eigenvalue weighted by molar-refractivity contribution is -0.576. The van der Waals surface area contributed by atoms with Gasteiger partial charge in [0, 0.05) is 65.6 Å². The molecule has 0 saturated carbocycles. The highest BCUT2D eigenvalue weighted by atomic mass is 35.5. The molecule has 360 valence electrons. The van der Waals surface area contributed by atoms with E-state index in [1.807, 2.05) is 0 Å². The van der Waals surface area contributed by atoms with Crippen LogP contribution >= 0.6 is 23.7 Å². The number of halogens is 1. The Kier molecular flexibility index (Phi) is 19.9. The van der Waals surface area contributed by atoms with Crippen molar-refractivity contribution in [3.63, 3.8) is 0 Å². The zero-order chi connectivity index (χ0) is 48.0. The summed E-state index contributed by atoms with van der Waals surface area (Å²) in [6.07, 6.45) is 12.0. The summed E-state index contributed by atoms with van der Waals surface area (Å²) < 4.78 is 15.2. The van der Waals surface area contributed by atoms with E-state index in [0.717, 1.165) is 13.2 Å². The number of hydrogen-bond acceptors (Lipinski definition) is 1. The molecule has 0 amide bonds. The van der Waals surface area contributed by atoms with Crippen molar-refractivity contribution in [1.29, 1.82) is 0 Å². The lowest BCUT2D eigenvalue weighted by atomic mass is 9.92. The van der Waals surface area contributed by atoms with E-state index in [9.17, 15) is 0 Å². The Labute approximate surface area is 417 Å². The van der Waals surface area contributed by atoms with Crippen molar-refractivity contribution in [2.75, 3.05) is 13.2 Å². The fourth-order valence-corrected chi connectivity index (χ4v) is 14.3. The van der Waals surface area contributed by atoms with Crippen molar-refractivity contribution in [2.45, 2.75) is 171 Å². The number of imidazole rings is 2. The van der Waals surface area contributed by atoms with E-state index in [2.05, 4.69) is 227 Å². The van der Waals surface area contributed by atoms with E-state index >= 15 is 0 Å². The van der Waals surface area contributed by atoms with Crippen LogP contribution in [0, 0.1) is 0 Å². The van der Waals surface area contributed by atoms with E-state index in [0.29, 0.717) is 47.3 Å². The molecule has 0 unspecified atom stereocenters. The minimum atomic E-state index is 0. The van der Waals surface area contributed by atoms with Gasteiger partial charge in [0.25, 0.3) is 0 Å². The first-order valence-corrected chi connectivity index (χ1v) is 29.0. The molecule has 5 nitrogen and oxygen atoms in total. The monoisotopic (exact) mass is 977 g/mol. The molecule has 6 aromatic rings. The van der Waals surface area contributed by atoms with Gasteiger partial charge in [-0.05, 0) is 60.2 Å². The summed E-state index contributed by atoms with van der Waals surface area (Å²) >= 11 is 0. The molecule has 0 aliphatic carbocycles. The third-order valence-corrected chi connectivity index (χ3v) is 17.6. The summed E-state index contributed by atoms with van der Waals surface area (Å²) in [6, 6.07) is 27.8. The maximum Gasteiger partial charge on any atom is 0.318 e. The van der Waals surface area contributed by atoms with E-state index in [4.69, 9.17) is 4.74 Å². The number of benzene rings is 4. The maximum atomic E-state index is 4.94. The number of ether oxygens (including phenoxy) is 1. The second kappa shape index (κ2) is 24.4. The topological polar surface area (TPSA) is 26.8 Å². The highest BCUT2D eigenvalue weighted by Crippen LogP contribution is 2.40. The van der Waals surface area contributed by atoms with Crippen LogP contribution in [0.2, 0.25) is 0 Å². The number of para-hydroxylation sites is 4. The molecule has 0 radical (unpaired) electrons. The first-order chi connectivity index (χ1) is 31.5. The average Bonchev–Trinajstić information content (AvgIpc) is 4.08.